The smallest absolute Gasteiger partial charge is 0.332 e. The van der Waals surface area contributed by atoms with Gasteiger partial charge in [0, 0.05) is 12.1 Å². The number of carbonyl (C=O) groups is 1. The predicted molar refractivity (Wildman–Crippen MR) is 80.4 cm³/mol. The summed E-state index contributed by atoms with van der Waals surface area (Å²) in [6, 6.07) is 4.97. The van der Waals surface area contributed by atoms with Crippen molar-refractivity contribution in [3.63, 3.8) is 0 Å². The molecular weight excluding hydrogens is 288 g/mol. The zero-order chi connectivity index (χ0) is 16.1. The number of esters is 1. The van der Waals surface area contributed by atoms with Crippen molar-refractivity contribution in [1.29, 1.82) is 0 Å². The lowest BCUT2D eigenvalue weighted by Crippen LogP contribution is -2.17. The molecule has 1 saturated carbocycles. The van der Waals surface area contributed by atoms with Crippen LogP contribution >= 0.6 is 0 Å². The Morgan fingerprint density at radius 1 is 1.50 bits per heavy atom. The summed E-state index contributed by atoms with van der Waals surface area (Å²) in [5.41, 5.74) is 0.518. The molecule has 0 unspecified atom stereocenters. The van der Waals surface area contributed by atoms with Crippen molar-refractivity contribution in [3.05, 3.63) is 40.0 Å². The molecule has 0 aromatic heterocycles. The summed E-state index contributed by atoms with van der Waals surface area (Å²) in [6.07, 6.45) is 3.19. The number of hydrogen-bond donors (Lipinski definition) is 1. The number of nitro benzene ring substituents is 1. The fraction of sp³-hybridized carbons (Fsp3) is 0.400. The van der Waals surface area contributed by atoms with Crippen LogP contribution in [0.4, 0.5) is 5.69 Å². The summed E-state index contributed by atoms with van der Waals surface area (Å²) >= 11 is 0. The van der Waals surface area contributed by atoms with Gasteiger partial charge in [-0.1, -0.05) is 6.07 Å². The Morgan fingerprint density at radius 3 is 2.77 bits per heavy atom. The summed E-state index contributed by atoms with van der Waals surface area (Å²) in [6.45, 7) is 1.94. The standard InChI is InChI=1S/C15H18N2O5/c1-3-22-14(18)9-12(16-10-7-8-10)11-5-4-6-13(21-2)15(11)17(19)20/h4-6,9-10,16H,3,7-8H2,1-2H3/b12-9-. The fourth-order valence-electron chi connectivity index (χ4n) is 2.04. The number of para-hydroxylation sites is 1. The number of hydrogen-bond acceptors (Lipinski definition) is 6. The Bertz CT molecular complexity index is 608. The molecule has 0 heterocycles. The number of ether oxygens (including phenoxy) is 2. The Morgan fingerprint density at radius 2 is 2.23 bits per heavy atom. The molecule has 0 atom stereocenters. The topological polar surface area (TPSA) is 90.7 Å². The predicted octanol–water partition coefficient (Wildman–Crippen LogP) is 2.26. The van der Waals surface area contributed by atoms with Crippen LogP contribution in [0.15, 0.2) is 24.3 Å². The summed E-state index contributed by atoms with van der Waals surface area (Å²) in [5, 5.41) is 14.5. The minimum Gasteiger partial charge on any atom is -0.490 e. The average Bonchev–Trinajstić information content (AvgIpc) is 3.29. The lowest BCUT2D eigenvalue weighted by molar-refractivity contribution is -0.386. The minimum absolute atomic E-state index is 0.148. The highest BCUT2D eigenvalue weighted by Crippen LogP contribution is 2.35. The number of benzene rings is 1. The molecule has 1 aromatic rings. The maximum absolute atomic E-state index is 11.7. The first kappa shape index (κ1) is 15.8. The van der Waals surface area contributed by atoms with Crippen LogP contribution in [0.3, 0.4) is 0 Å². The molecule has 0 saturated heterocycles. The highest BCUT2D eigenvalue weighted by molar-refractivity contribution is 5.92. The second-order valence-corrected chi connectivity index (χ2v) is 4.84. The molecule has 22 heavy (non-hydrogen) atoms. The van der Waals surface area contributed by atoms with Crippen molar-refractivity contribution in [2.45, 2.75) is 25.8 Å². The van der Waals surface area contributed by atoms with Crippen molar-refractivity contribution in [2.75, 3.05) is 13.7 Å². The Balaban J connectivity index is 2.46. The van der Waals surface area contributed by atoms with Crippen molar-refractivity contribution in [2.24, 2.45) is 0 Å². The van der Waals surface area contributed by atoms with Gasteiger partial charge in [0.25, 0.3) is 0 Å². The molecule has 0 spiro atoms. The molecule has 7 heteroatoms. The van der Waals surface area contributed by atoms with Crippen LogP contribution in [0.2, 0.25) is 0 Å². The van der Waals surface area contributed by atoms with Gasteiger partial charge in [0.2, 0.25) is 0 Å². The van der Waals surface area contributed by atoms with E-state index in [0.29, 0.717) is 11.3 Å². The van der Waals surface area contributed by atoms with Gasteiger partial charge in [0.15, 0.2) is 5.75 Å². The van der Waals surface area contributed by atoms with Crippen LogP contribution < -0.4 is 10.1 Å². The SMILES string of the molecule is CCOC(=O)/C=C(\NC1CC1)c1cccc(OC)c1[N+](=O)[O-]. The van der Waals surface area contributed by atoms with Crippen LogP contribution in [-0.2, 0) is 9.53 Å². The van der Waals surface area contributed by atoms with Gasteiger partial charge in [-0.05, 0) is 31.9 Å². The van der Waals surface area contributed by atoms with Gasteiger partial charge in [-0.15, -0.1) is 0 Å². The van der Waals surface area contributed by atoms with E-state index in [1.54, 1.807) is 19.1 Å². The molecule has 0 amide bonds. The van der Waals surface area contributed by atoms with E-state index in [1.165, 1.54) is 19.3 Å². The third kappa shape index (κ3) is 3.75. The molecule has 1 aliphatic rings. The largest absolute Gasteiger partial charge is 0.490 e. The van der Waals surface area contributed by atoms with Gasteiger partial charge in [0.05, 0.1) is 29.9 Å². The van der Waals surface area contributed by atoms with Crippen molar-refractivity contribution >= 4 is 17.4 Å². The number of methoxy groups -OCH3 is 1. The van der Waals surface area contributed by atoms with E-state index < -0.39 is 10.9 Å². The highest BCUT2D eigenvalue weighted by Gasteiger charge is 2.28. The summed E-state index contributed by atoms with van der Waals surface area (Å²) < 4.78 is 9.95. The van der Waals surface area contributed by atoms with Crippen LogP contribution in [-0.4, -0.2) is 30.7 Å². The molecule has 118 valence electrons. The molecule has 1 fully saturated rings. The summed E-state index contributed by atoms with van der Waals surface area (Å²) in [4.78, 5) is 22.6. The maximum Gasteiger partial charge on any atom is 0.332 e. The van der Waals surface area contributed by atoms with Gasteiger partial charge in [-0.3, -0.25) is 10.1 Å². The second-order valence-electron chi connectivity index (χ2n) is 4.84. The van der Waals surface area contributed by atoms with Crippen molar-refractivity contribution in [1.82, 2.24) is 5.32 Å². The molecule has 0 radical (unpaired) electrons. The van der Waals surface area contributed by atoms with E-state index >= 15 is 0 Å². The number of carbonyl (C=O) groups excluding carboxylic acids is 1. The van der Waals surface area contributed by atoms with E-state index in [2.05, 4.69) is 5.32 Å². The van der Waals surface area contributed by atoms with E-state index in [9.17, 15) is 14.9 Å². The third-order valence-corrected chi connectivity index (χ3v) is 3.18. The zero-order valence-corrected chi connectivity index (χ0v) is 12.5. The third-order valence-electron chi connectivity index (χ3n) is 3.18. The highest BCUT2D eigenvalue weighted by atomic mass is 16.6. The summed E-state index contributed by atoms with van der Waals surface area (Å²) in [7, 11) is 1.37. The van der Waals surface area contributed by atoms with E-state index in [4.69, 9.17) is 9.47 Å². The molecular formula is C15H18N2O5. The molecule has 1 aliphatic carbocycles. The van der Waals surface area contributed by atoms with Gasteiger partial charge in [-0.2, -0.15) is 0 Å². The summed E-state index contributed by atoms with van der Waals surface area (Å²) in [5.74, 6) is -0.391. The van der Waals surface area contributed by atoms with Gasteiger partial charge >= 0.3 is 11.7 Å². The van der Waals surface area contributed by atoms with Crippen molar-refractivity contribution in [3.8, 4) is 5.75 Å². The Labute approximate surface area is 128 Å². The molecule has 1 aromatic carbocycles. The van der Waals surface area contributed by atoms with E-state index in [1.807, 2.05) is 0 Å². The first-order valence-corrected chi connectivity index (χ1v) is 7.03. The monoisotopic (exact) mass is 306 g/mol. The molecule has 0 aliphatic heterocycles. The normalized spacial score (nSPS) is 14.4. The quantitative estimate of drug-likeness (QED) is 0.359. The molecule has 7 nitrogen and oxygen atoms in total. The zero-order valence-electron chi connectivity index (χ0n) is 12.5. The lowest BCUT2D eigenvalue weighted by Gasteiger charge is -2.12. The second kappa shape index (κ2) is 6.93. The minimum atomic E-state index is -0.539. The van der Waals surface area contributed by atoms with Crippen LogP contribution in [0.25, 0.3) is 5.70 Å². The average molecular weight is 306 g/mol. The Hall–Kier alpha value is -2.57. The number of nitrogens with one attached hydrogen (secondary N) is 1. The van der Waals surface area contributed by atoms with Gasteiger partial charge in [-0.25, -0.2) is 4.79 Å². The van der Waals surface area contributed by atoms with Crippen molar-refractivity contribution < 1.29 is 19.2 Å². The van der Waals surface area contributed by atoms with E-state index in [0.717, 1.165) is 12.8 Å². The number of rotatable bonds is 7. The van der Waals surface area contributed by atoms with Crippen LogP contribution in [0.1, 0.15) is 25.3 Å². The number of nitro groups is 1. The first-order chi connectivity index (χ1) is 10.6. The maximum atomic E-state index is 11.7. The molecule has 1 N–H and O–H groups in total. The van der Waals surface area contributed by atoms with E-state index in [-0.39, 0.29) is 24.1 Å². The van der Waals surface area contributed by atoms with Crippen LogP contribution in [0, 0.1) is 10.1 Å². The van der Waals surface area contributed by atoms with Gasteiger partial charge in [0.1, 0.15) is 0 Å². The first-order valence-electron chi connectivity index (χ1n) is 7.03. The lowest BCUT2D eigenvalue weighted by atomic mass is 10.1. The van der Waals surface area contributed by atoms with Gasteiger partial charge < -0.3 is 14.8 Å². The fourth-order valence-corrected chi connectivity index (χ4v) is 2.04. The Kier molecular flexibility index (Phi) is 4.98. The number of nitrogens with zero attached hydrogens (tertiary/aromatic N) is 1. The molecule has 2 rings (SSSR count). The molecule has 0 bridgehead atoms. The van der Waals surface area contributed by atoms with Crippen LogP contribution in [0.5, 0.6) is 5.75 Å².